The fourth-order valence-corrected chi connectivity index (χ4v) is 2.98. The Balaban J connectivity index is 2.11. The topological polar surface area (TPSA) is 55.0 Å². The molecule has 2 rings (SSSR count). The van der Waals surface area contributed by atoms with Gasteiger partial charge in [0, 0.05) is 19.1 Å². The number of aromatic nitrogens is 2. The number of nitrogens with zero attached hydrogens (tertiary/aromatic N) is 3. The molecule has 1 fully saturated rings. The van der Waals surface area contributed by atoms with Gasteiger partial charge in [-0.15, -0.1) is 10.2 Å². The zero-order chi connectivity index (χ0) is 10.7. The van der Waals surface area contributed by atoms with Crippen molar-refractivity contribution in [3.05, 3.63) is 5.01 Å². The van der Waals surface area contributed by atoms with E-state index in [9.17, 15) is 0 Å². The van der Waals surface area contributed by atoms with Crippen LogP contribution in [0.25, 0.3) is 0 Å². The first-order valence-electron chi connectivity index (χ1n) is 5.58. The van der Waals surface area contributed by atoms with Crippen LogP contribution in [0.5, 0.6) is 0 Å². The molecule has 5 heteroatoms. The fourth-order valence-electron chi connectivity index (χ4n) is 2.19. The van der Waals surface area contributed by atoms with Crippen LogP contribution in [0.4, 0.5) is 5.13 Å². The molecule has 0 bridgehead atoms. The number of hydrogen-bond acceptors (Lipinski definition) is 5. The zero-order valence-electron chi connectivity index (χ0n) is 9.15. The van der Waals surface area contributed by atoms with Crippen molar-refractivity contribution in [1.82, 2.24) is 10.2 Å². The quantitative estimate of drug-likeness (QED) is 0.846. The summed E-state index contributed by atoms with van der Waals surface area (Å²) in [6, 6.07) is 0.640. The van der Waals surface area contributed by atoms with E-state index in [0.29, 0.717) is 12.6 Å². The first kappa shape index (κ1) is 10.8. The lowest BCUT2D eigenvalue weighted by atomic mass is 10.2. The highest BCUT2D eigenvalue weighted by atomic mass is 32.1. The second-order valence-electron chi connectivity index (χ2n) is 4.02. The molecule has 1 aliphatic carbocycles. The summed E-state index contributed by atoms with van der Waals surface area (Å²) >= 11 is 1.67. The molecule has 1 aliphatic rings. The second kappa shape index (κ2) is 4.90. The lowest BCUT2D eigenvalue weighted by Gasteiger charge is -2.27. The molecule has 0 atom stereocenters. The molecule has 0 aromatic carbocycles. The molecular weight excluding hydrogens is 208 g/mol. The first-order valence-corrected chi connectivity index (χ1v) is 6.39. The van der Waals surface area contributed by atoms with E-state index in [1.807, 2.05) is 6.92 Å². The van der Waals surface area contributed by atoms with E-state index in [1.54, 1.807) is 11.3 Å². The van der Waals surface area contributed by atoms with Gasteiger partial charge in [0.05, 0.1) is 0 Å². The lowest BCUT2D eigenvalue weighted by molar-refractivity contribution is 0.605. The van der Waals surface area contributed by atoms with E-state index in [0.717, 1.165) is 16.7 Å². The Kier molecular flexibility index (Phi) is 3.53. The van der Waals surface area contributed by atoms with Crippen molar-refractivity contribution in [3.63, 3.8) is 0 Å². The molecule has 0 unspecified atom stereocenters. The number of anilines is 1. The largest absolute Gasteiger partial charge is 0.342 e. The molecule has 0 amide bonds. The number of aryl methyl sites for hydroxylation is 1. The molecule has 0 aliphatic heterocycles. The van der Waals surface area contributed by atoms with Gasteiger partial charge >= 0.3 is 0 Å². The van der Waals surface area contributed by atoms with Gasteiger partial charge in [-0.25, -0.2) is 0 Å². The zero-order valence-corrected chi connectivity index (χ0v) is 9.96. The van der Waals surface area contributed by atoms with Gasteiger partial charge in [0.15, 0.2) is 0 Å². The maximum absolute atomic E-state index is 5.66. The molecule has 1 saturated carbocycles. The standard InChI is InChI=1S/C10H18N4S/c1-8-12-13-10(15-8)14(7-6-11)9-4-2-3-5-9/h9H,2-7,11H2,1H3. The molecule has 1 aromatic rings. The summed E-state index contributed by atoms with van der Waals surface area (Å²) in [5.74, 6) is 0. The molecule has 2 N–H and O–H groups in total. The molecule has 0 spiro atoms. The molecule has 15 heavy (non-hydrogen) atoms. The normalized spacial score (nSPS) is 17.2. The molecule has 0 saturated heterocycles. The van der Waals surface area contributed by atoms with Crippen LogP contribution in [0.15, 0.2) is 0 Å². The Labute approximate surface area is 94.5 Å². The van der Waals surface area contributed by atoms with Crippen molar-refractivity contribution in [2.24, 2.45) is 5.73 Å². The van der Waals surface area contributed by atoms with E-state index in [1.165, 1.54) is 25.7 Å². The molecule has 4 nitrogen and oxygen atoms in total. The minimum Gasteiger partial charge on any atom is -0.342 e. The van der Waals surface area contributed by atoms with Crippen molar-refractivity contribution in [3.8, 4) is 0 Å². The van der Waals surface area contributed by atoms with Crippen LogP contribution < -0.4 is 10.6 Å². The highest BCUT2D eigenvalue weighted by Gasteiger charge is 2.24. The van der Waals surface area contributed by atoms with Crippen LogP contribution in [0.2, 0.25) is 0 Å². The summed E-state index contributed by atoms with van der Waals surface area (Å²) in [6.45, 7) is 3.59. The van der Waals surface area contributed by atoms with Crippen molar-refractivity contribution in [1.29, 1.82) is 0 Å². The summed E-state index contributed by atoms with van der Waals surface area (Å²) in [7, 11) is 0. The van der Waals surface area contributed by atoms with Crippen LogP contribution in [0.3, 0.4) is 0 Å². The van der Waals surface area contributed by atoms with Crippen LogP contribution in [0.1, 0.15) is 30.7 Å². The minimum atomic E-state index is 0.640. The summed E-state index contributed by atoms with van der Waals surface area (Å²) in [5, 5.41) is 10.4. The Morgan fingerprint density at radius 2 is 2.13 bits per heavy atom. The highest BCUT2D eigenvalue weighted by molar-refractivity contribution is 7.15. The molecule has 0 radical (unpaired) electrons. The van der Waals surface area contributed by atoms with E-state index in [2.05, 4.69) is 15.1 Å². The predicted molar refractivity (Wildman–Crippen MR) is 63.3 cm³/mol. The molecule has 1 heterocycles. The van der Waals surface area contributed by atoms with Gasteiger partial charge in [0.1, 0.15) is 5.01 Å². The van der Waals surface area contributed by atoms with Crippen LogP contribution in [-0.2, 0) is 0 Å². The van der Waals surface area contributed by atoms with Crippen LogP contribution >= 0.6 is 11.3 Å². The van der Waals surface area contributed by atoms with Gasteiger partial charge in [-0.05, 0) is 19.8 Å². The van der Waals surface area contributed by atoms with Gasteiger partial charge in [-0.1, -0.05) is 24.2 Å². The van der Waals surface area contributed by atoms with Crippen molar-refractivity contribution in [2.75, 3.05) is 18.0 Å². The summed E-state index contributed by atoms with van der Waals surface area (Å²) in [6.07, 6.45) is 5.23. The molecular formula is C10H18N4S. The van der Waals surface area contributed by atoms with Crippen molar-refractivity contribution >= 4 is 16.5 Å². The summed E-state index contributed by atoms with van der Waals surface area (Å²) in [4.78, 5) is 2.34. The van der Waals surface area contributed by atoms with Gasteiger partial charge < -0.3 is 10.6 Å². The summed E-state index contributed by atoms with van der Waals surface area (Å²) in [5.41, 5.74) is 5.66. The summed E-state index contributed by atoms with van der Waals surface area (Å²) < 4.78 is 0. The van der Waals surface area contributed by atoms with Crippen molar-refractivity contribution < 1.29 is 0 Å². The first-order chi connectivity index (χ1) is 7.31. The number of nitrogens with two attached hydrogens (primary N) is 1. The maximum atomic E-state index is 5.66. The van der Waals surface area contributed by atoms with E-state index < -0.39 is 0 Å². The Morgan fingerprint density at radius 1 is 1.40 bits per heavy atom. The highest BCUT2D eigenvalue weighted by Crippen LogP contribution is 2.29. The monoisotopic (exact) mass is 226 g/mol. The van der Waals surface area contributed by atoms with Gasteiger partial charge in [0.2, 0.25) is 5.13 Å². The minimum absolute atomic E-state index is 0.640. The van der Waals surface area contributed by atoms with Gasteiger partial charge in [-0.2, -0.15) is 0 Å². The van der Waals surface area contributed by atoms with Gasteiger partial charge in [-0.3, -0.25) is 0 Å². The number of rotatable bonds is 4. The van der Waals surface area contributed by atoms with Crippen molar-refractivity contribution in [2.45, 2.75) is 38.6 Å². The molecule has 84 valence electrons. The predicted octanol–water partition coefficient (Wildman–Crippen LogP) is 1.55. The van der Waals surface area contributed by atoms with E-state index in [-0.39, 0.29) is 0 Å². The van der Waals surface area contributed by atoms with E-state index >= 15 is 0 Å². The SMILES string of the molecule is Cc1nnc(N(CCN)C2CCCC2)s1. The Bertz CT molecular complexity index is 306. The third-order valence-corrected chi connectivity index (χ3v) is 3.77. The maximum Gasteiger partial charge on any atom is 0.208 e. The average Bonchev–Trinajstić information content (AvgIpc) is 2.85. The van der Waals surface area contributed by atoms with Crippen LogP contribution in [0, 0.1) is 6.92 Å². The van der Waals surface area contributed by atoms with Crippen LogP contribution in [-0.4, -0.2) is 29.3 Å². The Hall–Kier alpha value is -0.680. The average molecular weight is 226 g/mol. The third-order valence-electron chi connectivity index (χ3n) is 2.90. The smallest absolute Gasteiger partial charge is 0.208 e. The lowest BCUT2D eigenvalue weighted by Crippen LogP contribution is -2.37. The van der Waals surface area contributed by atoms with Gasteiger partial charge in [0.25, 0.3) is 0 Å². The fraction of sp³-hybridized carbons (Fsp3) is 0.800. The second-order valence-corrected chi connectivity index (χ2v) is 5.18. The Morgan fingerprint density at radius 3 is 2.67 bits per heavy atom. The number of hydrogen-bond donors (Lipinski definition) is 1. The van der Waals surface area contributed by atoms with E-state index in [4.69, 9.17) is 5.73 Å². The molecule has 1 aromatic heterocycles. The third kappa shape index (κ3) is 2.46.